The van der Waals surface area contributed by atoms with Gasteiger partial charge in [0.15, 0.2) is 5.82 Å². The summed E-state index contributed by atoms with van der Waals surface area (Å²) in [7, 11) is 2.17. The molecule has 4 aliphatic rings. The maximum atomic E-state index is 16.8. The minimum Gasteiger partial charge on any atom is -0.508 e. The van der Waals surface area contributed by atoms with Gasteiger partial charge in [-0.05, 0) is 81.6 Å². The lowest BCUT2D eigenvalue weighted by Crippen LogP contribution is -2.50. The zero-order valence-electron chi connectivity index (χ0n) is 25.2. The molecule has 0 spiro atoms. The van der Waals surface area contributed by atoms with Gasteiger partial charge in [-0.25, -0.2) is 8.78 Å². The second-order valence-corrected chi connectivity index (χ2v) is 13.5. The van der Waals surface area contributed by atoms with Crippen LogP contribution >= 0.6 is 0 Å². The number of pyridine rings is 1. The van der Waals surface area contributed by atoms with E-state index in [1.807, 2.05) is 4.90 Å². The third-order valence-corrected chi connectivity index (χ3v) is 10.9. The number of aromatic nitrogens is 3. The summed E-state index contributed by atoms with van der Waals surface area (Å²) in [6.45, 7) is 2.53. The van der Waals surface area contributed by atoms with Crippen molar-refractivity contribution in [1.82, 2.24) is 19.9 Å². The lowest BCUT2D eigenvalue weighted by atomic mass is 9.76. The van der Waals surface area contributed by atoms with E-state index >= 15 is 4.39 Å². The van der Waals surface area contributed by atoms with Gasteiger partial charge in [-0.15, -0.1) is 6.42 Å². The number of phenolic OH excluding ortho intramolecular Hbond substituents is 1. The van der Waals surface area contributed by atoms with Crippen molar-refractivity contribution in [2.24, 2.45) is 11.3 Å². The van der Waals surface area contributed by atoms with E-state index in [4.69, 9.17) is 16.1 Å². The number of halogens is 2. The molecule has 2 aliphatic carbocycles. The van der Waals surface area contributed by atoms with E-state index in [1.54, 1.807) is 0 Å². The van der Waals surface area contributed by atoms with Crippen LogP contribution in [0.2, 0.25) is 0 Å². The molecule has 4 unspecified atom stereocenters. The highest BCUT2D eigenvalue weighted by Gasteiger charge is 2.56. The van der Waals surface area contributed by atoms with E-state index in [2.05, 4.69) is 27.8 Å². The SMILES string of the molecule is C#Cc1c(F)ccc2cc(O)cc(-c3ncc4c(N5CCC6CC6(O)C5)nc(OCC56CCCC5N(C)CCC6)nc4c3F)c12. The maximum Gasteiger partial charge on any atom is 0.319 e. The predicted molar refractivity (Wildman–Crippen MR) is 167 cm³/mol. The average molecular weight is 612 g/mol. The van der Waals surface area contributed by atoms with Crippen molar-refractivity contribution in [3.05, 3.63) is 47.7 Å². The van der Waals surface area contributed by atoms with Crippen LogP contribution < -0.4 is 9.64 Å². The van der Waals surface area contributed by atoms with Crippen molar-refractivity contribution in [3.8, 4) is 35.4 Å². The first-order valence-electron chi connectivity index (χ1n) is 15.8. The van der Waals surface area contributed by atoms with E-state index in [-0.39, 0.29) is 50.8 Å². The first-order chi connectivity index (χ1) is 21.7. The number of aliphatic hydroxyl groups is 1. The molecule has 10 heteroatoms. The molecular formula is C35H35F2N5O3. The summed E-state index contributed by atoms with van der Waals surface area (Å²) in [6, 6.07) is 6.00. The smallest absolute Gasteiger partial charge is 0.319 e. The molecule has 2 saturated carbocycles. The van der Waals surface area contributed by atoms with Gasteiger partial charge < -0.3 is 24.7 Å². The van der Waals surface area contributed by atoms with Gasteiger partial charge in [0.25, 0.3) is 0 Å². The molecule has 2 saturated heterocycles. The molecule has 4 aromatic rings. The second kappa shape index (κ2) is 10.2. The van der Waals surface area contributed by atoms with Gasteiger partial charge in [0.05, 0.1) is 23.2 Å². The Morgan fingerprint density at radius 1 is 1.13 bits per heavy atom. The summed E-state index contributed by atoms with van der Waals surface area (Å²) in [6.07, 6.45) is 14.2. The van der Waals surface area contributed by atoms with Gasteiger partial charge in [0, 0.05) is 41.7 Å². The Hall–Kier alpha value is -4.07. The molecule has 2 aromatic carbocycles. The number of piperidine rings is 2. The highest BCUT2D eigenvalue weighted by Crippen LogP contribution is 2.51. The van der Waals surface area contributed by atoms with Crippen molar-refractivity contribution in [1.29, 1.82) is 0 Å². The molecule has 0 amide bonds. The monoisotopic (exact) mass is 611 g/mol. The number of fused-ring (bicyclic) bond motifs is 4. The molecule has 4 heterocycles. The van der Waals surface area contributed by atoms with Gasteiger partial charge >= 0.3 is 6.01 Å². The Balaban J connectivity index is 1.27. The number of phenols is 1. The summed E-state index contributed by atoms with van der Waals surface area (Å²) in [4.78, 5) is 18.3. The Bertz CT molecular complexity index is 1910. The normalized spacial score (nSPS) is 27.8. The molecule has 45 heavy (non-hydrogen) atoms. The Morgan fingerprint density at radius 2 is 1.98 bits per heavy atom. The minimum absolute atomic E-state index is 0.00120. The van der Waals surface area contributed by atoms with Crippen molar-refractivity contribution < 1.29 is 23.7 Å². The number of anilines is 1. The standard InChI is InChI=1S/C35H35F2N5O3/c1-3-23-26(36)8-7-20-14-22(43)15-24(28(20)23)30-29(37)31-25(17-38-30)32(42-13-9-21-16-35(21,44)18-42)40-33(39-31)45-19-34-10-4-6-27(34)41(2)12-5-11-34/h1,7-8,14-15,17,21,27,43-44H,4-6,9-13,16,18-19H2,2H3. The van der Waals surface area contributed by atoms with Crippen LogP contribution in [0.1, 0.15) is 50.5 Å². The molecule has 2 N–H and O–H groups in total. The quantitative estimate of drug-likeness (QED) is 0.289. The first kappa shape index (κ1) is 28.4. The van der Waals surface area contributed by atoms with Crippen LogP contribution in [0.15, 0.2) is 30.5 Å². The number of hydrogen-bond acceptors (Lipinski definition) is 8. The molecule has 2 aliphatic heterocycles. The van der Waals surface area contributed by atoms with Crippen LogP contribution in [0.5, 0.6) is 11.8 Å². The molecule has 8 nitrogen and oxygen atoms in total. The topological polar surface area (TPSA) is 94.8 Å². The van der Waals surface area contributed by atoms with Gasteiger partial charge in [0.1, 0.15) is 28.6 Å². The fraction of sp³-hybridized carbons (Fsp3) is 0.457. The summed E-state index contributed by atoms with van der Waals surface area (Å²) in [5.74, 6) is 1.59. The molecule has 4 fully saturated rings. The van der Waals surface area contributed by atoms with Gasteiger partial charge in [-0.3, -0.25) is 4.98 Å². The van der Waals surface area contributed by atoms with Crippen molar-refractivity contribution in [2.75, 3.05) is 38.2 Å². The lowest BCUT2D eigenvalue weighted by molar-refractivity contribution is 0.0133. The number of rotatable bonds is 5. The summed E-state index contributed by atoms with van der Waals surface area (Å²) < 4.78 is 38.0. The zero-order valence-corrected chi connectivity index (χ0v) is 25.2. The van der Waals surface area contributed by atoms with Crippen LogP contribution in [-0.4, -0.2) is 75.0 Å². The molecule has 232 valence electrons. The highest BCUT2D eigenvalue weighted by molar-refractivity contribution is 6.03. The number of likely N-dealkylation sites (tertiary alicyclic amines) is 1. The number of aromatic hydroxyl groups is 1. The summed E-state index contributed by atoms with van der Waals surface area (Å²) >= 11 is 0. The van der Waals surface area contributed by atoms with Crippen LogP contribution in [0.4, 0.5) is 14.6 Å². The van der Waals surface area contributed by atoms with Crippen LogP contribution in [0, 0.1) is 35.3 Å². The average Bonchev–Trinajstić information content (AvgIpc) is 3.52. The van der Waals surface area contributed by atoms with E-state index in [0.29, 0.717) is 42.3 Å². The van der Waals surface area contributed by atoms with E-state index in [9.17, 15) is 14.6 Å². The number of nitrogens with zero attached hydrogens (tertiary/aromatic N) is 5. The third kappa shape index (κ3) is 4.50. The number of β-amino-alcohol motifs (C(OH)–C–C–N with tert-alkyl or cyclic N) is 1. The zero-order chi connectivity index (χ0) is 31.1. The van der Waals surface area contributed by atoms with Crippen LogP contribution in [0.3, 0.4) is 0 Å². The van der Waals surface area contributed by atoms with Gasteiger partial charge in [-0.1, -0.05) is 18.4 Å². The number of hydrogen-bond donors (Lipinski definition) is 2. The van der Waals surface area contributed by atoms with Gasteiger partial charge in [-0.2, -0.15) is 9.97 Å². The second-order valence-electron chi connectivity index (χ2n) is 13.5. The van der Waals surface area contributed by atoms with Crippen molar-refractivity contribution in [3.63, 3.8) is 0 Å². The fourth-order valence-corrected chi connectivity index (χ4v) is 8.49. The van der Waals surface area contributed by atoms with Crippen LogP contribution in [-0.2, 0) is 0 Å². The van der Waals surface area contributed by atoms with Crippen molar-refractivity contribution in [2.45, 2.75) is 56.6 Å². The van der Waals surface area contributed by atoms with Crippen LogP contribution in [0.25, 0.3) is 32.9 Å². The van der Waals surface area contributed by atoms with Gasteiger partial charge in [0.2, 0.25) is 0 Å². The number of benzene rings is 2. The lowest BCUT2D eigenvalue weighted by Gasteiger charge is -2.44. The Kier molecular flexibility index (Phi) is 6.45. The van der Waals surface area contributed by atoms with E-state index < -0.39 is 17.2 Å². The summed E-state index contributed by atoms with van der Waals surface area (Å²) in [5.41, 5.74) is -0.790. The minimum atomic E-state index is -0.776. The number of ether oxygens (including phenoxy) is 1. The van der Waals surface area contributed by atoms with E-state index in [0.717, 1.165) is 51.5 Å². The third-order valence-electron chi connectivity index (χ3n) is 10.9. The molecule has 2 aromatic heterocycles. The summed E-state index contributed by atoms with van der Waals surface area (Å²) in [5, 5.41) is 22.6. The molecule has 0 bridgehead atoms. The largest absolute Gasteiger partial charge is 0.508 e. The molecule has 8 rings (SSSR count). The Labute approximate surface area is 260 Å². The number of terminal acetylenes is 1. The predicted octanol–water partition coefficient (Wildman–Crippen LogP) is 5.41. The Morgan fingerprint density at radius 3 is 2.80 bits per heavy atom. The molecule has 0 radical (unpaired) electrons. The molecular weight excluding hydrogens is 576 g/mol. The highest BCUT2D eigenvalue weighted by atomic mass is 19.1. The maximum absolute atomic E-state index is 16.8. The van der Waals surface area contributed by atoms with E-state index in [1.165, 1.54) is 30.5 Å². The molecule has 4 atom stereocenters. The first-order valence-corrected chi connectivity index (χ1v) is 15.8. The fourth-order valence-electron chi connectivity index (χ4n) is 8.49. The van der Waals surface area contributed by atoms with Crippen molar-refractivity contribution >= 4 is 27.5 Å².